The Kier molecular flexibility index (Phi) is 6.78. The molecule has 0 unspecified atom stereocenters. The molecule has 4 heteroatoms. The highest BCUT2D eigenvalue weighted by atomic mass is 16.1. The Morgan fingerprint density at radius 2 is 1.95 bits per heavy atom. The molecular formula is C16H23N3O. The second kappa shape index (κ2) is 8.36. The Hall–Kier alpha value is -1.83. The zero-order valence-electron chi connectivity index (χ0n) is 12.2. The third-order valence-electron chi connectivity index (χ3n) is 2.70. The maximum absolute atomic E-state index is 11.1. The van der Waals surface area contributed by atoms with Crippen molar-refractivity contribution in [2.75, 3.05) is 19.6 Å². The third-order valence-corrected chi connectivity index (χ3v) is 2.70. The van der Waals surface area contributed by atoms with Gasteiger partial charge in [-0.2, -0.15) is 0 Å². The van der Waals surface area contributed by atoms with Gasteiger partial charge in [0.2, 0.25) is 5.91 Å². The van der Waals surface area contributed by atoms with Gasteiger partial charge in [0, 0.05) is 18.7 Å². The van der Waals surface area contributed by atoms with Crippen molar-refractivity contribution in [1.82, 2.24) is 4.90 Å². The average molecular weight is 273 g/mol. The molecule has 0 aliphatic carbocycles. The van der Waals surface area contributed by atoms with Crippen molar-refractivity contribution in [3.05, 3.63) is 35.4 Å². The predicted molar refractivity (Wildman–Crippen MR) is 81.7 cm³/mol. The van der Waals surface area contributed by atoms with E-state index in [1.165, 1.54) is 0 Å². The van der Waals surface area contributed by atoms with E-state index in [9.17, 15) is 4.79 Å². The molecule has 0 bridgehead atoms. The number of carbonyl (C=O) groups is 1. The van der Waals surface area contributed by atoms with Gasteiger partial charge in [0.05, 0.1) is 13.1 Å². The van der Waals surface area contributed by atoms with Crippen LogP contribution in [-0.2, 0) is 11.3 Å². The van der Waals surface area contributed by atoms with E-state index >= 15 is 0 Å². The number of carbonyl (C=O) groups excluding carboxylic acids is 1. The molecule has 0 heterocycles. The van der Waals surface area contributed by atoms with E-state index < -0.39 is 0 Å². The van der Waals surface area contributed by atoms with Crippen molar-refractivity contribution in [3.63, 3.8) is 0 Å². The highest BCUT2D eigenvalue weighted by Crippen LogP contribution is 2.09. The molecule has 0 aromatic heterocycles. The first-order chi connectivity index (χ1) is 9.51. The fourth-order valence-corrected chi connectivity index (χ4v) is 2.03. The summed E-state index contributed by atoms with van der Waals surface area (Å²) < 4.78 is 0. The van der Waals surface area contributed by atoms with Gasteiger partial charge in [-0.1, -0.05) is 37.8 Å². The van der Waals surface area contributed by atoms with Gasteiger partial charge in [0.25, 0.3) is 0 Å². The van der Waals surface area contributed by atoms with E-state index in [0.717, 1.165) is 17.7 Å². The van der Waals surface area contributed by atoms with Gasteiger partial charge in [-0.15, -0.1) is 0 Å². The summed E-state index contributed by atoms with van der Waals surface area (Å²) in [5.41, 5.74) is 12.7. The first-order valence-corrected chi connectivity index (χ1v) is 6.79. The highest BCUT2D eigenvalue weighted by Gasteiger charge is 2.10. The summed E-state index contributed by atoms with van der Waals surface area (Å²) in [6, 6.07) is 7.98. The Bertz CT molecular complexity index is 483. The quantitative estimate of drug-likeness (QED) is 0.758. The maximum atomic E-state index is 11.1. The molecule has 0 aliphatic rings. The van der Waals surface area contributed by atoms with E-state index in [0.29, 0.717) is 19.0 Å². The number of primary amides is 1. The van der Waals surface area contributed by atoms with Crippen LogP contribution in [0.4, 0.5) is 0 Å². The summed E-state index contributed by atoms with van der Waals surface area (Å²) in [5, 5.41) is 0. The van der Waals surface area contributed by atoms with Gasteiger partial charge in [0.1, 0.15) is 0 Å². The van der Waals surface area contributed by atoms with Crippen LogP contribution < -0.4 is 11.5 Å². The average Bonchev–Trinajstić information content (AvgIpc) is 2.36. The summed E-state index contributed by atoms with van der Waals surface area (Å²) in [6.45, 7) is 6.46. The fraction of sp³-hybridized carbons (Fsp3) is 0.438. The second-order valence-corrected chi connectivity index (χ2v) is 5.23. The van der Waals surface area contributed by atoms with Crippen molar-refractivity contribution in [2.24, 2.45) is 17.4 Å². The molecule has 0 atom stereocenters. The number of benzene rings is 1. The SMILES string of the molecule is CC(C)CN(CC(N)=O)Cc1ccc(C#CCN)cc1. The first-order valence-electron chi connectivity index (χ1n) is 6.79. The molecule has 0 aliphatic heterocycles. The van der Waals surface area contributed by atoms with Crippen molar-refractivity contribution < 1.29 is 4.79 Å². The van der Waals surface area contributed by atoms with E-state index in [4.69, 9.17) is 11.5 Å². The number of rotatable bonds is 6. The lowest BCUT2D eigenvalue weighted by Gasteiger charge is -2.22. The van der Waals surface area contributed by atoms with E-state index in [2.05, 4.69) is 30.6 Å². The van der Waals surface area contributed by atoms with Crippen LogP contribution in [0.1, 0.15) is 25.0 Å². The molecule has 1 rings (SSSR count). The lowest BCUT2D eigenvalue weighted by molar-refractivity contribution is -0.119. The minimum atomic E-state index is -0.295. The minimum Gasteiger partial charge on any atom is -0.369 e. The molecule has 1 amide bonds. The number of hydrogen-bond acceptors (Lipinski definition) is 3. The fourth-order valence-electron chi connectivity index (χ4n) is 2.03. The van der Waals surface area contributed by atoms with Crippen molar-refractivity contribution in [3.8, 4) is 11.8 Å². The molecule has 108 valence electrons. The molecule has 20 heavy (non-hydrogen) atoms. The van der Waals surface area contributed by atoms with Crippen LogP contribution in [-0.4, -0.2) is 30.4 Å². The summed E-state index contributed by atoms with van der Waals surface area (Å²) >= 11 is 0. The van der Waals surface area contributed by atoms with Gasteiger partial charge in [-0.25, -0.2) is 0 Å². The van der Waals surface area contributed by atoms with E-state index in [-0.39, 0.29) is 12.5 Å². The predicted octanol–water partition coefficient (Wildman–Crippen LogP) is 0.940. The van der Waals surface area contributed by atoms with Gasteiger partial charge < -0.3 is 11.5 Å². The lowest BCUT2D eigenvalue weighted by Crippen LogP contribution is -2.35. The van der Waals surface area contributed by atoms with Crippen molar-refractivity contribution >= 4 is 5.91 Å². The molecular weight excluding hydrogens is 250 g/mol. The summed E-state index contributed by atoms with van der Waals surface area (Å²) in [4.78, 5) is 13.2. The molecule has 1 aromatic carbocycles. The molecule has 0 fully saturated rings. The summed E-state index contributed by atoms with van der Waals surface area (Å²) in [5.74, 6) is 6.00. The zero-order valence-corrected chi connectivity index (χ0v) is 12.2. The molecule has 4 N–H and O–H groups in total. The van der Waals surface area contributed by atoms with E-state index in [1.54, 1.807) is 0 Å². The highest BCUT2D eigenvalue weighted by molar-refractivity contribution is 5.75. The number of nitrogens with two attached hydrogens (primary N) is 2. The Balaban J connectivity index is 2.70. The maximum Gasteiger partial charge on any atom is 0.231 e. The minimum absolute atomic E-state index is 0.285. The Morgan fingerprint density at radius 3 is 2.45 bits per heavy atom. The van der Waals surface area contributed by atoms with Crippen LogP contribution in [0.25, 0.3) is 0 Å². The van der Waals surface area contributed by atoms with Gasteiger partial charge >= 0.3 is 0 Å². The van der Waals surface area contributed by atoms with Gasteiger partial charge in [-0.3, -0.25) is 9.69 Å². The van der Waals surface area contributed by atoms with Crippen LogP contribution in [0.5, 0.6) is 0 Å². The smallest absolute Gasteiger partial charge is 0.231 e. The van der Waals surface area contributed by atoms with Gasteiger partial charge in [0.15, 0.2) is 0 Å². The zero-order chi connectivity index (χ0) is 15.0. The van der Waals surface area contributed by atoms with Gasteiger partial charge in [-0.05, 0) is 23.6 Å². The Labute approximate surface area is 121 Å². The molecule has 0 saturated carbocycles. The van der Waals surface area contributed by atoms with Crippen molar-refractivity contribution in [2.45, 2.75) is 20.4 Å². The monoisotopic (exact) mass is 273 g/mol. The summed E-state index contributed by atoms with van der Waals surface area (Å²) in [6.07, 6.45) is 0. The number of nitrogens with zero attached hydrogens (tertiary/aromatic N) is 1. The standard InChI is InChI=1S/C16H23N3O/c1-13(2)10-19(12-16(18)20)11-15-7-5-14(6-8-15)4-3-9-17/h5-8,13H,9-12,17H2,1-2H3,(H2,18,20). The Morgan fingerprint density at radius 1 is 1.30 bits per heavy atom. The second-order valence-electron chi connectivity index (χ2n) is 5.23. The van der Waals surface area contributed by atoms with Crippen LogP contribution >= 0.6 is 0 Å². The number of hydrogen-bond donors (Lipinski definition) is 2. The largest absolute Gasteiger partial charge is 0.369 e. The third kappa shape index (κ3) is 6.37. The van der Waals surface area contributed by atoms with Crippen LogP contribution in [0, 0.1) is 17.8 Å². The lowest BCUT2D eigenvalue weighted by atomic mass is 10.1. The molecule has 0 saturated heterocycles. The molecule has 0 radical (unpaired) electrons. The van der Waals surface area contributed by atoms with E-state index in [1.807, 2.05) is 24.3 Å². The number of amides is 1. The van der Waals surface area contributed by atoms with Crippen LogP contribution in [0.2, 0.25) is 0 Å². The van der Waals surface area contributed by atoms with Crippen LogP contribution in [0.3, 0.4) is 0 Å². The molecule has 1 aromatic rings. The van der Waals surface area contributed by atoms with Crippen molar-refractivity contribution in [1.29, 1.82) is 0 Å². The summed E-state index contributed by atoms with van der Waals surface area (Å²) in [7, 11) is 0. The topological polar surface area (TPSA) is 72.3 Å². The first kappa shape index (κ1) is 16.2. The van der Waals surface area contributed by atoms with Crippen LogP contribution in [0.15, 0.2) is 24.3 Å². The normalized spacial score (nSPS) is 10.4. The molecule has 4 nitrogen and oxygen atoms in total. The molecule has 0 spiro atoms.